The maximum absolute atomic E-state index is 11.9. The highest BCUT2D eigenvalue weighted by atomic mass is 16.2. The van der Waals surface area contributed by atoms with Gasteiger partial charge in [0.05, 0.1) is 5.41 Å². The molecule has 98 valence electrons. The predicted octanol–water partition coefficient (Wildman–Crippen LogP) is 0.442. The quantitative estimate of drug-likeness (QED) is 0.735. The highest BCUT2D eigenvalue weighted by Crippen LogP contribution is 2.33. The van der Waals surface area contributed by atoms with Gasteiger partial charge in [0.1, 0.15) is 0 Å². The molecule has 4 nitrogen and oxygen atoms in total. The standard InChI is InChI=1S/C13H25N3O/c1-10-8-15-6-4-11(10)16-7-5-13(2,9-16)12(17)14-3/h10-11,15H,4-9H2,1-3H3,(H,14,17). The van der Waals surface area contributed by atoms with Crippen LogP contribution in [0.2, 0.25) is 0 Å². The molecule has 2 N–H and O–H groups in total. The van der Waals surface area contributed by atoms with Crippen molar-refractivity contribution < 1.29 is 4.79 Å². The lowest BCUT2D eigenvalue weighted by molar-refractivity contribution is -0.129. The highest BCUT2D eigenvalue weighted by molar-refractivity contribution is 5.82. The van der Waals surface area contributed by atoms with E-state index in [0.29, 0.717) is 12.0 Å². The molecule has 17 heavy (non-hydrogen) atoms. The number of amides is 1. The SMILES string of the molecule is CNC(=O)C1(C)CCN(C2CCNCC2C)C1. The first-order chi connectivity index (χ1) is 8.07. The largest absolute Gasteiger partial charge is 0.359 e. The number of likely N-dealkylation sites (tertiary alicyclic amines) is 1. The number of carbonyl (C=O) groups excluding carboxylic acids is 1. The first-order valence-corrected chi connectivity index (χ1v) is 6.74. The summed E-state index contributed by atoms with van der Waals surface area (Å²) in [5, 5.41) is 6.24. The molecule has 2 heterocycles. The maximum Gasteiger partial charge on any atom is 0.227 e. The van der Waals surface area contributed by atoms with E-state index in [-0.39, 0.29) is 11.3 Å². The molecule has 3 unspecified atom stereocenters. The van der Waals surface area contributed by atoms with Gasteiger partial charge in [0.15, 0.2) is 0 Å². The summed E-state index contributed by atoms with van der Waals surface area (Å²) in [6.07, 6.45) is 2.20. The monoisotopic (exact) mass is 239 g/mol. The second-order valence-corrected chi connectivity index (χ2v) is 5.90. The summed E-state index contributed by atoms with van der Waals surface area (Å²) >= 11 is 0. The Morgan fingerprint density at radius 3 is 2.94 bits per heavy atom. The van der Waals surface area contributed by atoms with E-state index in [1.807, 2.05) is 0 Å². The minimum absolute atomic E-state index is 0.181. The van der Waals surface area contributed by atoms with Gasteiger partial charge in [0.25, 0.3) is 0 Å². The highest BCUT2D eigenvalue weighted by Gasteiger charge is 2.43. The number of hydrogen-bond acceptors (Lipinski definition) is 3. The summed E-state index contributed by atoms with van der Waals surface area (Å²) < 4.78 is 0. The third-order valence-electron chi connectivity index (χ3n) is 4.49. The Bertz CT molecular complexity index is 294. The zero-order valence-corrected chi connectivity index (χ0v) is 11.3. The first-order valence-electron chi connectivity index (χ1n) is 6.74. The number of rotatable bonds is 2. The molecule has 0 aromatic heterocycles. The lowest BCUT2D eigenvalue weighted by Crippen LogP contribution is -2.49. The Labute approximate surface area is 104 Å². The molecule has 0 saturated carbocycles. The molecule has 2 aliphatic heterocycles. The van der Waals surface area contributed by atoms with Crippen LogP contribution in [0.4, 0.5) is 0 Å². The molecule has 0 aliphatic carbocycles. The fraction of sp³-hybridized carbons (Fsp3) is 0.923. The van der Waals surface area contributed by atoms with Crippen molar-refractivity contribution in [2.45, 2.75) is 32.7 Å². The molecule has 2 fully saturated rings. The van der Waals surface area contributed by atoms with Crippen LogP contribution in [-0.4, -0.2) is 50.1 Å². The van der Waals surface area contributed by atoms with Crippen molar-refractivity contribution in [1.82, 2.24) is 15.5 Å². The Morgan fingerprint density at radius 2 is 2.29 bits per heavy atom. The van der Waals surface area contributed by atoms with E-state index in [1.54, 1.807) is 7.05 Å². The molecule has 4 heteroatoms. The molecule has 2 saturated heterocycles. The summed E-state index contributed by atoms with van der Waals surface area (Å²) in [5.74, 6) is 0.886. The third kappa shape index (κ3) is 2.47. The van der Waals surface area contributed by atoms with E-state index in [1.165, 1.54) is 6.42 Å². The van der Waals surface area contributed by atoms with Crippen LogP contribution >= 0.6 is 0 Å². The molecule has 0 aromatic carbocycles. The Hall–Kier alpha value is -0.610. The minimum Gasteiger partial charge on any atom is -0.359 e. The zero-order chi connectivity index (χ0) is 12.5. The molecular formula is C13H25N3O. The van der Waals surface area contributed by atoms with Crippen molar-refractivity contribution in [3.8, 4) is 0 Å². The van der Waals surface area contributed by atoms with Crippen LogP contribution in [0, 0.1) is 11.3 Å². The van der Waals surface area contributed by atoms with Crippen molar-refractivity contribution in [2.75, 3.05) is 33.2 Å². The summed E-state index contributed by atoms with van der Waals surface area (Å²) in [4.78, 5) is 14.4. The average molecular weight is 239 g/mol. The zero-order valence-electron chi connectivity index (χ0n) is 11.3. The van der Waals surface area contributed by atoms with E-state index in [9.17, 15) is 4.79 Å². The van der Waals surface area contributed by atoms with Crippen molar-refractivity contribution in [1.29, 1.82) is 0 Å². The Balaban J connectivity index is 1.99. The van der Waals surface area contributed by atoms with Gasteiger partial charge in [0.2, 0.25) is 5.91 Å². The number of nitrogens with one attached hydrogen (secondary N) is 2. The summed E-state index contributed by atoms with van der Waals surface area (Å²) in [7, 11) is 1.74. The van der Waals surface area contributed by atoms with Crippen molar-refractivity contribution in [3.63, 3.8) is 0 Å². The van der Waals surface area contributed by atoms with Gasteiger partial charge < -0.3 is 10.6 Å². The van der Waals surface area contributed by atoms with Crippen molar-refractivity contribution >= 4 is 5.91 Å². The molecule has 0 radical (unpaired) electrons. The van der Waals surface area contributed by atoms with Crippen LogP contribution in [0.3, 0.4) is 0 Å². The van der Waals surface area contributed by atoms with E-state index < -0.39 is 0 Å². The van der Waals surface area contributed by atoms with Crippen LogP contribution in [0.25, 0.3) is 0 Å². The second kappa shape index (κ2) is 4.94. The second-order valence-electron chi connectivity index (χ2n) is 5.90. The smallest absolute Gasteiger partial charge is 0.227 e. The van der Waals surface area contributed by atoms with E-state index in [0.717, 1.165) is 32.6 Å². The van der Waals surface area contributed by atoms with E-state index in [2.05, 4.69) is 29.4 Å². The van der Waals surface area contributed by atoms with Gasteiger partial charge >= 0.3 is 0 Å². The van der Waals surface area contributed by atoms with E-state index in [4.69, 9.17) is 0 Å². The van der Waals surface area contributed by atoms with Crippen molar-refractivity contribution in [3.05, 3.63) is 0 Å². The summed E-state index contributed by atoms with van der Waals surface area (Å²) in [6.45, 7) is 8.62. The number of nitrogens with zero attached hydrogens (tertiary/aromatic N) is 1. The van der Waals surface area contributed by atoms with Gasteiger partial charge in [-0.05, 0) is 45.3 Å². The van der Waals surface area contributed by atoms with Gasteiger partial charge in [-0.1, -0.05) is 6.92 Å². The van der Waals surface area contributed by atoms with Crippen LogP contribution in [0.15, 0.2) is 0 Å². The number of piperidine rings is 1. The summed E-state index contributed by atoms with van der Waals surface area (Å²) in [5.41, 5.74) is -0.181. The molecule has 0 bridgehead atoms. The van der Waals surface area contributed by atoms with Gasteiger partial charge in [-0.3, -0.25) is 9.69 Å². The molecule has 2 aliphatic rings. The van der Waals surface area contributed by atoms with Gasteiger partial charge in [-0.25, -0.2) is 0 Å². The predicted molar refractivity (Wildman–Crippen MR) is 68.8 cm³/mol. The van der Waals surface area contributed by atoms with E-state index >= 15 is 0 Å². The van der Waals surface area contributed by atoms with Crippen LogP contribution < -0.4 is 10.6 Å². The Kier molecular flexibility index (Phi) is 3.73. The molecule has 2 rings (SSSR count). The lowest BCUT2D eigenvalue weighted by atomic mass is 9.88. The maximum atomic E-state index is 11.9. The van der Waals surface area contributed by atoms with Crippen LogP contribution in [0.5, 0.6) is 0 Å². The van der Waals surface area contributed by atoms with Crippen LogP contribution in [0.1, 0.15) is 26.7 Å². The topological polar surface area (TPSA) is 44.4 Å². The fourth-order valence-electron chi connectivity index (χ4n) is 3.31. The average Bonchev–Trinajstić information content (AvgIpc) is 2.72. The first kappa shape index (κ1) is 12.8. The fourth-order valence-corrected chi connectivity index (χ4v) is 3.31. The number of carbonyl (C=O) groups is 1. The lowest BCUT2D eigenvalue weighted by Gasteiger charge is -2.37. The molecule has 1 amide bonds. The van der Waals surface area contributed by atoms with Gasteiger partial charge in [-0.15, -0.1) is 0 Å². The van der Waals surface area contributed by atoms with Crippen LogP contribution in [-0.2, 0) is 4.79 Å². The van der Waals surface area contributed by atoms with Gasteiger partial charge in [-0.2, -0.15) is 0 Å². The number of hydrogen-bond donors (Lipinski definition) is 2. The third-order valence-corrected chi connectivity index (χ3v) is 4.49. The normalized spacial score (nSPS) is 39.2. The molecule has 3 atom stereocenters. The molecule has 0 spiro atoms. The summed E-state index contributed by atoms with van der Waals surface area (Å²) in [6, 6.07) is 0.655. The van der Waals surface area contributed by atoms with Crippen molar-refractivity contribution in [2.24, 2.45) is 11.3 Å². The molecular weight excluding hydrogens is 214 g/mol. The molecule has 0 aromatic rings. The Morgan fingerprint density at radius 1 is 1.53 bits per heavy atom. The van der Waals surface area contributed by atoms with Gasteiger partial charge in [0, 0.05) is 19.6 Å². The minimum atomic E-state index is -0.181.